The Morgan fingerprint density at radius 2 is 2.27 bits per heavy atom. The first-order valence-electron chi connectivity index (χ1n) is 6.57. The first kappa shape index (κ1) is 16.1. The van der Waals surface area contributed by atoms with Crippen molar-refractivity contribution in [3.8, 4) is 0 Å². The van der Waals surface area contributed by atoms with Gasteiger partial charge >= 0.3 is 5.00 Å². The van der Waals surface area contributed by atoms with E-state index in [0.29, 0.717) is 12.4 Å². The molecule has 0 aliphatic heterocycles. The van der Waals surface area contributed by atoms with Crippen molar-refractivity contribution >= 4 is 28.1 Å². The smallest absolute Gasteiger partial charge is 0.310 e. The van der Waals surface area contributed by atoms with Crippen LogP contribution in [0, 0.1) is 17.0 Å². The van der Waals surface area contributed by atoms with Crippen molar-refractivity contribution in [1.29, 1.82) is 0 Å². The van der Waals surface area contributed by atoms with Crippen LogP contribution in [0.25, 0.3) is 0 Å². The summed E-state index contributed by atoms with van der Waals surface area (Å²) in [7, 11) is 1.78. The van der Waals surface area contributed by atoms with Crippen LogP contribution in [0.4, 0.5) is 10.8 Å². The second kappa shape index (κ2) is 7.10. The number of hydrogen-bond donors (Lipinski definition) is 1. The molecule has 2 heterocycles. The summed E-state index contributed by atoms with van der Waals surface area (Å²) in [5, 5.41) is 15.2. The third-order valence-electron chi connectivity index (χ3n) is 2.86. The maximum absolute atomic E-state index is 11.9. The fourth-order valence-electron chi connectivity index (χ4n) is 1.88. The minimum absolute atomic E-state index is 0.108. The minimum atomic E-state index is -0.413. The number of rotatable bonds is 6. The lowest BCUT2D eigenvalue weighted by Gasteiger charge is -2.15. The Kier molecular flexibility index (Phi) is 5.18. The van der Waals surface area contributed by atoms with E-state index in [-0.39, 0.29) is 17.5 Å². The van der Waals surface area contributed by atoms with Gasteiger partial charge in [0.1, 0.15) is 5.82 Å². The van der Waals surface area contributed by atoms with E-state index in [1.54, 1.807) is 29.6 Å². The van der Waals surface area contributed by atoms with Crippen molar-refractivity contribution in [2.45, 2.75) is 13.5 Å². The molecule has 0 saturated carbocycles. The number of amides is 1. The predicted molar refractivity (Wildman–Crippen MR) is 84.9 cm³/mol. The predicted octanol–water partition coefficient (Wildman–Crippen LogP) is 2.43. The van der Waals surface area contributed by atoms with Crippen LogP contribution in [-0.4, -0.2) is 34.3 Å². The quantitative estimate of drug-likeness (QED) is 0.652. The lowest BCUT2D eigenvalue weighted by atomic mass is 10.3. The topological polar surface area (TPSA) is 88.4 Å². The van der Waals surface area contributed by atoms with Crippen LogP contribution >= 0.6 is 11.3 Å². The number of pyridine rings is 1. The second-order valence-corrected chi connectivity index (χ2v) is 5.88. The Labute approximate surface area is 131 Å². The number of nitro groups is 1. The maximum atomic E-state index is 11.9. The SMILES string of the molecule is Cc1ccc(NC(=O)CN(C)Cc2csc([N+](=O)[O-])c2)nc1. The normalized spacial score (nSPS) is 10.7. The summed E-state index contributed by atoms with van der Waals surface area (Å²) in [4.78, 5) is 28.0. The Hall–Kier alpha value is -2.32. The van der Waals surface area contributed by atoms with Crippen molar-refractivity contribution in [3.63, 3.8) is 0 Å². The van der Waals surface area contributed by atoms with E-state index < -0.39 is 4.92 Å². The number of aromatic nitrogens is 1. The molecule has 22 heavy (non-hydrogen) atoms. The molecule has 0 atom stereocenters. The molecular weight excluding hydrogens is 304 g/mol. The third kappa shape index (κ3) is 4.61. The van der Waals surface area contributed by atoms with Gasteiger partial charge in [-0.15, -0.1) is 0 Å². The first-order valence-corrected chi connectivity index (χ1v) is 7.45. The summed E-state index contributed by atoms with van der Waals surface area (Å²) in [6.45, 7) is 2.57. The number of anilines is 1. The molecule has 7 nitrogen and oxygen atoms in total. The lowest BCUT2D eigenvalue weighted by Crippen LogP contribution is -2.29. The van der Waals surface area contributed by atoms with Crippen LogP contribution in [0.1, 0.15) is 11.1 Å². The molecule has 0 fully saturated rings. The molecule has 0 saturated heterocycles. The molecule has 0 aromatic carbocycles. The van der Waals surface area contributed by atoms with Crippen molar-refractivity contribution in [2.75, 3.05) is 18.9 Å². The number of thiophene rings is 1. The minimum Gasteiger partial charge on any atom is -0.310 e. The average molecular weight is 320 g/mol. The van der Waals surface area contributed by atoms with Crippen molar-refractivity contribution in [3.05, 3.63) is 51.0 Å². The summed E-state index contributed by atoms with van der Waals surface area (Å²) in [5.41, 5.74) is 1.84. The molecule has 1 amide bonds. The van der Waals surface area contributed by atoms with Gasteiger partial charge in [-0.3, -0.25) is 19.8 Å². The van der Waals surface area contributed by atoms with Crippen LogP contribution in [0.3, 0.4) is 0 Å². The fourth-order valence-corrected chi connectivity index (χ4v) is 2.60. The monoisotopic (exact) mass is 320 g/mol. The molecule has 0 radical (unpaired) electrons. The van der Waals surface area contributed by atoms with Gasteiger partial charge in [0, 0.05) is 24.2 Å². The van der Waals surface area contributed by atoms with E-state index in [0.717, 1.165) is 22.5 Å². The van der Waals surface area contributed by atoms with E-state index in [2.05, 4.69) is 10.3 Å². The standard InChI is InChI=1S/C14H16N4O3S/c1-10-3-4-12(15-6-10)16-13(19)8-17(2)7-11-5-14(18(20)21)22-9-11/h3-6,9H,7-8H2,1-2H3,(H,15,16,19). The van der Waals surface area contributed by atoms with Crippen molar-refractivity contribution in [2.24, 2.45) is 0 Å². The number of carbonyl (C=O) groups is 1. The Bertz CT molecular complexity index is 669. The molecule has 2 aromatic heterocycles. The van der Waals surface area contributed by atoms with E-state index in [1.165, 1.54) is 6.07 Å². The van der Waals surface area contributed by atoms with Gasteiger partial charge in [0.2, 0.25) is 5.91 Å². The fraction of sp³-hybridized carbons (Fsp3) is 0.286. The zero-order valence-corrected chi connectivity index (χ0v) is 13.1. The van der Waals surface area contributed by atoms with Crippen LogP contribution in [0.5, 0.6) is 0 Å². The third-order valence-corrected chi connectivity index (χ3v) is 3.79. The van der Waals surface area contributed by atoms with Gasteiger partial charge in [0.15, 0.2) is 0 Å². The average Bonchev–Trinajstić information content (AvgIpc) is 2.89. The molecule has 8 heteroatoms. The summed E-state index contributed by atoms with van der Waals surface area (Å²) >= 11 is 1.09. The van der Waals surface area contributed by atoms with E-state index >= 15 is 0 Å². The molecule has 2 aromatic rings. The number of nitrogens with one attached hydrogen (secondary N) is 1. The molecule has 2 rings (SSSR count). The van der Waals surface area contributed by atoms with Crippen LogP contribution in [0.15, 0.2) is 29.8 Å². The second-order valence-electron chi connectivity index (χ2n) is 4.99. The number of aryl methyl sites for hydroxylation is 1. The highest BCUT2D eigenvalue weighted by Crippen LogP contribution is 2.23. The van der Waals surface area contributed by atoms with Gasteiger partial charge in [-0.2, -0.15) is 0 Å². The Morgan fingerprint density at radius 3 is 2.86 bits per heavy atom. The van der Waals surface area contributed by atoms with Crippen molar-refractivity contribution in [1.82, 2.24) is 9.88 Å². The van der Waals surface area contributed by atoms with Crippen LogP contribution < -0.4 is 5.32 Å². The summed E-state index contributed by atoms with van der Waals surface area (Å²) in [6, 6.07) is 5.15. The van der Waals surface area contributed by atoms with E-state index in [4.69, 9.17) is 0 Å². The zero-order valence-electron chi connectivity index (χ0n) is 12.3. The number of nitrogens with zero attached hydrogens (tertiary/aromatic N) is 3. The maximum Gasteiger partial charge on any atom is 0.324 e. The highest BCUT2D eigenvalue weighted by atomic mass is 32.1. The highest BCUT2D eigenvalue weighted by Gasteiger charge is 2.13. The lowest BCUT2D eigenvalue weighted by molar-refractivity contribution is -0.380. The molecular formula is C14H16N4O3S. The van der Waals surface area contributed by atoms with E-state index in [9.17, 15) is 14.9 Å². The molecule has 0 spiro atoms. The van der Waals surface area contributed by atoms with Gasteiger partial charge in [-0.1, -0.05) is 17.4 Å². The molecule has 0 bridgehead atoms. The number of likely N-dealkylation sites (N-methyl/N-ethyl adjacent to an activating group) is 1. The van der Waals surface area contributed by atoms with Crippen molar-refractivity contribution < 1.29 is 9.72 Å². The van der Waals surface area contributed by atoms with Gasteiger partial charge in [-0.25, -0.2) is 4.98 Å². The molecule has 0 unspecified atom stereocenters. The first-order chi connectivity index (χ1) is 10.4. The highest BCUT2D eigenvalue weighted by molar-refractivity contribution is 7.13. The Balaban J connectivity index is 1.85. The molecule has 0 aliphatic rings. The zero-order chi connectivity index (χ0) is 16.1. The van der Waals surface area contributed by atoms with Gasteiger partial charge < -0.3 is 5.32 Å². The van der Waals surface area contributed by atoms with Gasteiger partial charge in [0.25, 0.3) is 0 Å². The molecule has 116 valence electrons. The van der Waals surface area contributed by atoms with Crippen LogP contribution in [0.2, 0.25) is 0 Å². The summed E-state index contributed by atoms with van der Waals surface area (Å²) in [5.74, 6) is 0.332. The van der Waals surface area contributed by atoms with Gasteiger partial charge in [0.05, 0.1) is 11.5 Å². The largest absolute Gasteiger partial charge is 0.324 e. The Morgan fingerprint density at radius 1 is 1.50 bits per heavy atom. The number of carbonyl (C=O) groups excluding carboxylic acids is 1. The summed E-state index contributed by atoms with van der Waals surface area (Å²) < 4.78 is 0. The molecule has 1 N–H and O–H groups in total. The van der Waals surface area contributed by atoms with E-state index in [1.807, 2.05) is 13.0 Å². The van der Waals surface area contributed by atoms with Crippen LogP contribution in [-0.2, 0) is 11.3 Å². The van der Waals surface area contributed by atoms with Gasteiger partial charge in [-0.05, 0) is 31.2 Å². The number of hydrogen-bond acceptors (Lipinski definition) is 6. The molecule has 0 aliphatic carbocycles. The summed E-state index contributed by atoms with van der Waals surface area (Å²) in [6.07, 6.45) is 1.68.